The fourth-order valence-corrected chi connectivity index (χ4v) is 2.98. The van der Waals surface area contributed by atoms with Gasteiger partial charge in [0, 0.05) is 33.3 Å². The first-order chi connectivity index (χ1) is 11.3. The van der Waals surface area contributed by atoms with Crippen LogP contribution in [0.5, 0.6) is 0 Å². The predicted octanol–water partition coefficient (Wildman–Crippen LogP) is 1.08. The molecule has 8 heteroatoms. The van der Waals surface area contributed by atoms with Crippen molar-refractivity contribution in [1.82, 2.24) is 30.0 Å². The highest BCUT2D eigenvalue weighted by Crippen LogP contribution is 2.27. The molecule has 3 rings (SSSR count). The zero-order chi connectivity index (χ0) is 16.1. The average Bonchev–Trinajstić information content (AvgIpc) is 3.04. The molecule has 0 spiro atoms. The van der Waals surface area contributed by atoms with Gasteiger partial charge in [-0.05, 0) is 23.0 Å². The van der Waals surface area contributed by atoms with E-state index in [4.69, 9.17) is 4.74 Å². The van der Waals surface area contributed by atoms with Gasteiger partial charge in [0.05, 0.1) is 19.2 Å². The van der Waals surface area contributed by atoms with Crippen molar-refractivity contribution in [2.24, 2.45) is 0 Å². The van der Waals surface area contributed by atoms with E-state index in [1.54, 1.807) is 7.11 Å². The Morgan fingerprint density at radius 3 is 2.50 bits per heavy atom. The summed E-state index contributed by atoms with van der Waals surface area (Å²) in [6.45, 7) is 5.39. The van der Waals surface area contributed by atoms with Crippen LogP contribution < -0.4 is 0 Å². The number of benzene rings is 1. The van der Waals surface area contributed by atoms with E-state index in [1.807, 2.05) is 10.7 Å². The van der Waals surface area contributed by atoms with Gasteiger partial charge >= 0.3 is 0 Å². The molecule has 0 N–H and O–H groups in total. The maximum Gasteiger partial charge on any atom is 0.173 e. The summed E-state index contributed by atoms with van der Waals surface area (Å²) in [5.74, 6) is 0.887. The van der Waals surface area contributed by atoms with Crippen LogP contribution in [0.4, 0.5) is 0 Å². The van der Waals surface area contributed by atoms with Gasteiger partial charge < -0.3 is 9.64 Å². The molecule has 0 radical (unpaired) electrons. The van der Waals surface area contributed by atoms with Gasteiger partial charge in [0.1, 0.15) is 0 Å². The Morgan fingerprint density at radius 2 is 1.83 bits per heavy atom. The predicted molar refractivity (Wildman–Crippen MR) is 94.3 cm³/mol. The first-order valence-electron chi connectivity index (χ1n) is 8.02. The molecule has 1 saturated heterocycles. The first kappa shape index (κ1) is 18.8. The van der Waals surface area contributed by atoms with Crippen molar-refractivity contribution < 1.29 is 4.74 Å². The number of nitrogens with zero attached hydrogens (tertiary/aromatic N) is 6. The molecule has 0 bridgehead atoms. The minimum Gasteiger partial charge on any atom is -0.383 e. The van der Waals surface area contributed by atoms with Gasteiger partial charge in [0.25, 0.3) is 0 Å². The van der Waals surface area contributed by atoms with Crippen molar-refractivity contribution in [1.29, 1.82) is 0 Å². The number of rotatable bonds is 6. The van der Waals surface area contributed by atoms with Crippen molar-refractivity contribution in [3.8, 4) is 0 Å². The number of halogens is 1. The topological polar surface area (TPSA) is 59.3 Å². The van der Waals surface area contributed by atoms with E-state index in [-0.39, 0.29) is 18.4 Å². The third-order valence-corrected chi connectivity index (χ3v) is 4.33. The maximum absolute atomic E-state index is 5.18. The lowest BCUT2D eigenvalue weighted by Crippen LogP contribution is -2.46. The second kappa shape index (κ2) is 9.08. The second-order valence-corrected chi connectivity index (χ2v) is 5.91. The van der Waals surface area contributed by atoms with Crippen LogP contribution in [0.2, 0.25) is 0 Å². The Balaban J connectivity index is 0.00000208. The van der Waals surface area contributed by atoms with Gasteiger partial charge in [-0.1, -0.05) is 30.3 Å². The fourth-order valence-electron chi connectivity index (χ4n) is 2.98. The SMILES string of the molecule is COCCn1nnnc1C(c1ccccc1)N1CCN(C)CC1.Cl. The molecule has 1 aromatic carbocycles. The number of methoxy groups -OCH3 is 1. The molecule has 1 aromatic heterocycles. The van der Waals surface area contributed by atoms with Gasteiger partial charge in [-0.25, -0.2) is 4.68 Å². The van der Waals surface area contributed by atoms with Crippen LogP contribution in [0.25, 0.3) is 0 Å². The molecule has 1 fully saturated rings. The zero-order valence-corrected chi connectivity index (χ0v) is 15.0. The number of likely N-dealkylation sites (N-methyl/N-ethyl adjacent to an activating group) is 1. The lowest BCUT2D eigenvalue weighted by molar-refractivity contribution is 0.119. The minimum absolute atomic E-state index is 0. The van der Waals surface area contributed by atoms with E-state index >= 15 is 0 Å². The Labute approximate surface area is 149 Å². The summed E-state index contributed by atoms with van der Waals surface area (Å²) in [6.07, 6.45) is 0. The van der Waals surface area contributed by atoms with Gasteiger partial charge in [0.2, 0.25) is 0 Å². The smallest absolute Gasteiger partial charge is 0.173 e. The number of aromatic nitrogens is 4. The normalized spacial score (nSPS) is 17.4. The Morgan fingerprint density at radius 1 is 1.12 bits per heavy atom. The average molecular weight is 353 g/mol. The van der Waals surface area contributed by atoms with Gasteiger partial charge in [-0.3, -0.25) is 4.90 Å². The van der Waals surface area contributed by atoms with Crippen LogP contribution in [-0.2, 0) is 11.3 Å². The molecule has 0 amide bonds. The van der Waals surface area contributed by atoms with E-state index in [9.17, 15) is 0 Å². The Kier molecular flexibility index (Phi) is 7.11. The molecule has 1 unspecified atom stereocenters. The Bertz CT molecular complexity index is 600. The highest BCUT2D eigenvalue weighted by atomic mass is 35.5. The summed E-state index contributed by atoms with van der Waals surface area (Å²) in [4.78, 5) is 4.82. The zero-order valence-electron chi connectivity index (χ0n) is 14.2. The number of hydrogen-bond donors (Lipinski definition) is 0. The highest BCUT2D eigenvalue weighted by molar-refractivity contribution is 5.85. The molecule has 2 aromatic rings. The summed E-state index contributed by atoms with van der Waals surface area (Å²) >= 11 is 0. The third-order valence-electron chi connectivity index (χ3n) is 4.33. The molecule has 0 saturated carbocycles. The third kappa shape index (κ3) is 4.30. The molecule has 1 aliphatic heterocycles. The summed E-state index contributed by atoms with van der Waals surface area (Å²) in [6, 6.07) is 10.6. The highest BCUT2D eigenvalue weighted by Gasteiger charge is 2.29. The number of hydrogen-bond acceptors (Lipinski definition) is 6. The molecule has 2 heterocycles. The summed E-state index contributed by atoms with van der Waals surface area (Å²) < 4.78 is 7.04. The number of piperazine rings is 1. The van der Waals surface area contributed by atoms with Crippen LogP contribution in [-0.4, -0.2) is 77.0 Å². The lowest BCUT2D eigenvalue weighted by atomic mass is 10.0. The molecule has 0 aliphatic carbocycles. The summed E-state index contributed by atoms with van der Waals surface area (Å²) in [5, 5.41) is 12.4. The lowest BCUT2D eigenvalue weighted by Gasteiger charge is -2.37. The quantitative estimate of drug-likeness (QED) is 0.775. The van der Waals surface area contributed by atoms with Crippen LogP contribution >= 0.6 is 12.4 Å². The number of ether oxygens (including phenoxy) is 1. The van der Waals surface area contributed by atoms with Gasteiger partial charge in [-0.15, -0.1) is 17.5 Å². The van der Waals surface area contributed by atoms with Crippen LogP contribution in [0, 0.1) is 0 Å². The van der Waals surface area contributed by atoms with E-state index in [2.05, 4.69) is 56.6 Å². The minimum atomic E-state index is 0. The largest absolute Gasteiger partial charge is 0.383 e. The fraction of sp³-hybridized carbons (Fsp3) is 0.562. The van der Waals surface area contributed by atoms with Gasteiger partial charge in [-0.2, -0.15) is 0 Å². The Hall–Kier alpha value is -1.54. The van der Waals surface area contributed by atoms with Crippen LogP contribution in [0.3, 0.4) is 0 Å². The van der Waals surface area contributed by atoms with Crippen LogP contribution in [0.15, 0.2) is 30.3 Å². The molecule has 132 valence electrons. The molecule has 1 atom stereocenters. The van der Waals surface area contributed by atoms with Crippen molar-refractivity contribution in [3.63, 3.8) is 0 Å². The van der Waals surface area contributed by atoms with E-state index in [0.717, 1.165) is 32.0 Å². The molecule has 24 heavy (non-hydrogen) atoms. The van der Waals surface area contributed by atoms with Crippen molar-refractivity contribution in [2.75, 3.05) is 46.9 Å². The van der Waals surface area contributed by atoms with Crippen molar-refractivity contribution in [3.05, 3.63) is 41.7 Å². The van der Waals surface area contributed by atoms with E-state index < -0.39 is 0 Å². The van der Waals surface area contributed by atoms with E-state index in [0.29, 0.717) is 13.2 Å². The van der Waals surface area contributed by atoms with Crippen molar-refractivity contribution >= 4 is 12.4 Å². The standard InChI is InChI=1S/C16H24N6O.ClH/c1-20-8-10-21(11-9-20)15(14-6-4-3-5-7-14)16-17-18-19-22(16)12-13-23-2;/h3-7,15H,8-13H2,1-2H3;1H. The summed E-state index contributed by atoms with van der Waals surface area (Å²) in [7, 11) is 3.86. The molecule has 7 nitrogen and oxygen atoms in total. The first-order valence-corrected chi connectivity index (χ1v) is 8.02. The van der Waals surface area contributed by atoms with Gasteiger partial charge in [0.15, 0.2) is 5.82 Å². The number of tetrazole rings is 1. The molecular weight excluding hydrogens is 328 g/mol. The maximum atomic E-state index is 5.18. The second-order valence-electron chi connectivity index (χ2n) is 5.91. The monoisotopic (exact) mass is 352 g/mol. The summed E-state index contributed by atoms with van der Waals surface area (Å²) in [5.41, 5.74) is 1.23. The molecule has 1 aliphatic rings. The van der Waals surface area contributed by atoms with E-state index in [1.165, 1.54) is 5.56 Å². The molecular formula is C16H25ClN6O. The van der Waals surface area contributed by atoms with Crippen LogP contribution in [0.1, 0.15) is 17.4 Å². The van der Waals surface area contributed by atoms with Crippen molar-refractivity contribution in [2.45, 2.75) is 12.6 Å².